The second-order valence-corrected chi connectivity index (χ2v) is 8.16. The maximum absolute atomic E-state index is 15.0. The Balaban J connectivity index is 2.08. The molecule has 0 aliphatic carbocycles. The molecule has 0 saturated heterocycles. The van der Waals surface area contributed by atoms with Crippen molar-refractivity contribution in [2.75, 3.05) is 0 Å². The fourth-order valence-corrected chi connectivity index (χ4v) is 4.10. The van der Waals surface area contributed by atoms with Crippen molar-refractivity contribution in [1.29, 1.82) is 0 Å². The van der Waals surface area contributed by atoms with Crippen molar-refractivity contribution >= 4 is 28.6 Å². The monoisotopic (exact) mass is 503 g/mol. The summed E-state index contributed by atoms with van der Waals surface area (Å²) in [6, 6.07) is 24.3. The van der Waals surface area contributed by atoms with Crippen molar-refractivity contribution in [2.24, 2.45) is 0 Å². The molecule has 0 spiro atoms. The van der Waals surface area contributed by atoms with Crippen LogP contribution in [-0.4, -0.2) is 16.0 Å². The molecule has 0 bridgehead atoms. The smallest absolute Gasteiger partial charge is 0.305 e. The van der Waals surface area contributed by atoms with E-state index in [1.807, 2.05) is 90.2 Å². The summed E-state index contributed by atoms with van der Waals surface area (Å²) in [5, 5.41) is 9.62. The van der Waals surface area contributed by atoms with E-state index in [1.54, 1.807) is 18.2 Å². The van der Waals surface area contributed by atoms with Crippen molar-refractivity contribution in [3.05, 3.63) is 105 Å². The third-order valence-electron chi connectivity index (χ3n) is 5.10. The molecule has 0 saturated carbocycles. The highest BCUT2D eigenvalue weighted by Gasteiger charge is 2.30. The van der Waals surface area contributed by atoms with Crippen LogP contribution < -0.4 is 0 Å². The highest BCUT2D eigenvalue weighted by Crippen LogP contribution is 2.36. The SMILES string of the molecule is C[C@H](c1ccccc1)N(Cc1ccccc1)[C@@H](CC(=O)O)c1cccc(I)c1F. The lowest BCUT2D eigenvalue weighted by Crippen LogP contribution is -2.33. The molecule has 5 heteroatoms. The standard InChI is InChI=1S/C24H23FINO2/c1-17(19-11-6-3-7-12-19)27(16-18-9-4-2-5-10-18)22(15-23(28)29)20-13-8-14-21(26)24(20)25/h2-14,17,22H,15-16H2,1H3,(H,28,29)/t17-,22+/m1/s1. The number of carbonyl (C=O) groups is 1. The van der Waals surface area contributed by atoms with Crippen LogP contribution in [0, 0.1) is 9.39 Å². The Kier molecular flexibility index (Phi) is 7.39. The third-order valence-corrected chi connectivity index (χ3v) is 5.93. The normalized spacial score (nSPS) is 13.2. The minimum absolute atomic E-state index is 0.0991. The lowest BCUT2D eigenvalue weighted by molar-refractivity contribution is -0.138. The summed E-state index contributed by atoms with van der Waals surface area (Å²) in [5.74, 6) is -1.30. The molecule has 0 radical (unpaired) electrons. The maximum atomic E-state index is 15.0. The van der Waals surface area contributed by atoms with Gasteiger partial charge in [-0.15, -0.1) is 0 Å². The number of carboxylic acid groups (broad SMARTS) is 1. The fraction of sp³-hybridized carbons (Fsp3) is 0.208. The van der Waals surface area contributed by atoms with Crippen LogP contribution in [0.3, 0.4) is 0 Å². The van der Waals surface area contributed by atoms with E-state index in [9.17, 15) is 9.90 Å². The molecule has 0 unspecified atom stereocenters. The Morgan fingerprint density at radius 1 is 1.00 bits per heavy atom. The molecule has 2 atom stereocenters. The first-order valence-electron chi connectivity index (χ1n) is 9.47. The van der Waals surface area contributed by atoms with Gasteiger partial charge in [-0.2, -0.15) is 0 Å². The van der Waals surface area contributed by atoms with Crippen molar-refractivity contribution in [3.8, 4) is 0 Å². The van der Waals surface area contributed by atoms with Gasteiger partial charge < -0.3 is 5.11 Å². The molecule has 3 aromatic carbocycles. The van der Waals surface area contributed by atoms with E-state index in [-0.39, 0.29) is 18.3 Å². The van der Waals surface area contributed by atoms with Gasteiger partial charge in [-0.25, -0.2) is 4.39 Å². The first-order chi connectivity index (χ1) is 14.0. The lowest BCUT2D eigenvalue weighted by Gasteiger charge is -2.37. The first kappa shape index (κ1) is 21.5. The van der Waals surface area contributed by atoms with E-state index in [2.05, 4.69) is 4.90 Å². The van der Waals surface area contributed by atoms with E-state index >= 15 is 4.39 Å². The average molecular weight is 503 g/mol. The molecular formula is C24H23FINO2. The van der Waals surface area contributed by atoms with E-state index in [4.69, 9.17) is 0 Å². The molecular weight excluding hydrogens is 480 g/mol. The lowest BCUT2D eigenvalue weighted by atomic mass is 9.96. The van der Waals surface area contributed by atoms with Gasteiger partial charge in [-0.05, 0) is 46.7 Å². The Hall–Kier alpha value is -2.25. The number of halogens is 2. The van der Waals surface area contributed by atoms with Gasteiger partial charge in [-0.1, -0.05) is 72.8 Å². The van der Waals surface area contributed by atoms with Crippen molar-refractivity contribution in [2.45, 2.75) is 32.0 Å². The predicted molar refractivity (Wildman–Crippen MR) is 121 cm³/mol. The topological polar surface area (TPSA) is 40.5 Å². The summed E-state index contributed by atoms with van der Waals surface area (Å²) in [6.45, 7) is 2.55. The van der Waals surface area contributed by atoms with Crippen LogP contribution in [-0.2, 0) is 11.3 Å². The van der Waals surface area contributed by atoms with Gasteiger partial charge >= 0.3 is 5.97 Å². The van der Waals surface area contributed by atoms with Crippen LogP contribution in [0.5, 0.6) is 0 Å². The second-order valence-electron chi connectivity index (χ2n) is 7.00. The molecule has 0 aliphatic rings. The number of nitrogens with zero attached hydrogens (tertiary/aromatic N) is 1. The number of benzene rings is 3. The number of aliphatic carboxylic acids is 1. The van der Waals surface area contributed by atoms with Gasteiger partial charge in [0.15, 0.2) is 0 Å². The number of rotatable bonds is 8. The molecule has 0 aliphatic heterocycles. The molecule has 29 heavy (non-hydrogen) atoms. The zero-order chi connectivity index (χ0) is 20.8. The van der Waals surface area contributed by atoms with Gasteiger partial charge in [0.1, 0.15) is 5.82 Å². The van der Waals surface area contributed by atoms with Crippen molar-refractivity contribution in [3.63, 3.8) is 0 Å². The van der Waals surface area contributed by atoms with E-state index in [0.717, 1.165) is 11.1 Å². The predicted octanol–water partition coefficient (Wildman–Crippen LogP) is 6.21. The second kappa shape index (κ2) is 9.98. The van der Waals surface area contributed by atoms with Gasteiger partial charge in [0.25, 0.3) is 0 Å². The molecule has 1 N–H and O–H groups in total. The summed E-state index contributed by atoms with van der Waals surface area (Å²) in [6.07, 6.45) is -0.180. The zero-order valence-corrected chi connectivity index (χ0v) is 18.3. The summed E-state index contributed by atoms with van der Waals surface area (Å²) >= 11 is 1.95. The summed E-state index contributed by atoms with van der Waals surface area (Å²) < 4.78 is 15.5. The quantitative estimate of drug-likeness (QED) is 0.372. The first-order valence-corrected chi connectivity index (χ1v) is 10.6. The molecule has 3 rings (SSSR count). The average Bonchev–Trinajstić information content (AvgIpc) is 2.73. The summed E-state index contributed by atoms with van der Waals surface area (Å²) in [5.41, 5.74) is 2.53. The van der Waals surface area contributed by atoms with E-state index < -0.39 is 12.0 Å². The Morgan fingerprint density at radius 2 is 1.62 bits per heavy atom. The van der Waals surface area contributed by atoms with E-state index in [0.29, 0.717) is 15.7 Å². The molecule has 0 fully saturated rings. The Morgan fingerprint density at radius 3 is 2.24 bits per heavy atom. The minimum Gasteiger partial charge on any atom is -0.481 e. The largest absolute Gasteiger partial charge is 0.481 e. The van der Waals surface area contributed by atoms with E-state index in [1.165, 1.54) is 0 Å². The molecule has 0 amide bonds. The maximum Gasteiger partial charge on any atom is 0.305 e. The van der Waals surface area contributed by atoms with Crippen LogP contribution in [0.2, 0.25) is 0 Å². The number of carboxylic acids is 1. The molecule has 3 aromatic rings. The molecule has 3 nitrogen and oxygen atoms in total. The van der Waals surface area contributed by atoms with Gasteiger partial charge in [0.05, 0.1) is 6.42 Å². The van der Waals surface area contributed by atoms with Crippen LogP contribution in [0.15, 0.2) is 78.9 Å². The van der Waals surface area contributed by atoms with Gasteiger partial charge in [0, 0.05) is 27.8 Å². The molecule has 0 aromatic heterocycles. The van der Waals surface area contributed by atoms with Crippen LogP contribution in [0.4, 0.5) is 4.39 Å². The highest BCUT2D eigenvalue weighted by atomic mass is 127. The van der Waals surface area contributed by atoms with Crippen molar-refractivity contribution in [1.82, 2.24) is 4.90 Å². The van der Waals surface area contributed by atoms with Crippen molar-refractivity contribution < 1.29 is 14.3 Å². The van der Waals surface area contributed by atoms with Gasteiger partial charge in [-0.3, -0.25) is 9.69 Å². The molecule has 150 valence electrons. The van der Waals surface area contributed by atoms with Gasteiger partial charge in [0.2, 0.25) is 0 Å². The number of hydrogen-bond acceptors (Lipinski definition) is 2. The number of hydrogen-bond donors (Lipinski definition) is 1. The Labute approximate surface area is 184 Å². The summed E-state index contributed by atoms with van der Waals surface area (Å²) in [7, 11) is 0. The zero-order valence-electron chi connectivity index (χ0n) is 16.1. The van der Waals surface area contributed by atoms with Crippen LogP contribution in [0.1, 0.15) is 42.1 Å². The fourth-order valence-electron chi connectivity index (χ4n) is 3.58. The third kappa shape index (κ3) is 5.42. The highest BCUT2D eigenvalue weighted by molar-refractivity contribution is 14.1. The van der Waals surface area contributed by atoms with Crippen LogP contribution in [0.25, 0.3) is 0 Å². The minimum atomic E-state index is -0.952. The summed E-state index contributed by atoms with van der Waals surface area (Å²) in [4.78, 5) is 13.8. The Bertz CT molecular complexity index is 950. The van der Waals surface area contributed by atoms with Crippen LogP contribution >= 0.6 is 22.6 Å². The molecule has 0 heterocycles.